The van der Waals surface area contributed by atoms with Gasteiger partial charge in [-0.25, -0.2) is 29.9 Å². The Morgan fingerprint density at radius 3 is 1.52 bits per heavy atom. The van der Waals surface area contributed by atoms with Crippen LogP contribution in [0.15, 0.2) is 240 Å². The first kappa shape index (κ1) is 47.2. The first-order valence-corrected chi connectivity index (χ1v) is 26.7. The van der Waals surface area contributed by atoms with Crippen LogP contribution in [0.3, 0.4) is 0 Å². The molecule has 0 saturated carbocycles. The highest BCUT2D eigenvalue weighted by Gasteiger charge is 2.35. The SMILES string of the molecule is CC.CC1(C)c2ccccc2-c2ccc(-n3cnc4nc(-c5ccccc5)nc(-c5ccccc5)c43)cc21.c1ccc(-n2cnc3nc(-c4cccc5oc6ccccc6c45)nc(-c4cccc5oc6ccccc6c45)c32)cc1. The molecule has 0 radical (unpaired) electrons. The molecule has 0 unspecified atom stereocenters. The molecule has 10 heteroatoms. The molecule has 6 aromatic heterocycles. The second kappa shape index (κ2) is 19.1. The summed E-state index contributed by atoms with van der Waals surface area (Å²) in [5, 5.41) is 4.07. The van der Waals surface area contributed by atoms with Crippen molar-refractivity contribution in [3.05, 3.63) is 242 Å². The Balaban J connectivity index is 0.000000140. The summed E-state index contributed by atoms with van der Waals surface area (Å²) in [6.07, 6.45) is 3.70. The Hall–Kier alpha value is -10.3. The van der Waals surface area contributed by atoms with Crippen molar-refractivity contribution >= 4 is 66.2 Å². The minimum absolute atomic E-state index is 0.0719. The maximum Gasteiger partial charge on any atom is 0.182 e. The number of hydrogen-bond donors (Lipinski definition) is 0. The average molecular weight is 1020 g/mol. The molecule has 10 nitrogen and oxygen atoms in total. The monoisotopic (exact) mass is 1020 g/mol. The van der Waals surface area contributed by atoms with Crippen LogP contribution in [0.2, 0.25) is 0 Å². The molecule has 0 bridgehead atoms. The first-order chi connectivity index (χ1) is 38.9. The minimum Gasteiger partial charge on any atom is -0.456 e. The van der Waals surface area contributed by atoms with Gasteiger partial charge >= 0.3 is 0 Å². The molecule has 378 valence electrons. The molecule has 9 aromatic carbocycles. The van der Waals surface area contributed by atoms with Gasteiger partial charge in [-0.1, -0.05) is 198 Å². The number of hydrogen-bond acceptors (Lipinski definition) is 8. The summed E-state index contributed by atoms with van der Waals surface area (Å²) in [5.74, 6) is 1.27. The molecule has 0 amide bonds. The fourth-order valence-corrected chi connectivity index (χ4v) is 11.4. The van der Waals surface area contributed by atoms with E-state index in [1.165, 1.54) is 22.3 Å². The largest absolute Gasteiger partial charge is 0.456 e. The van der Waals surface area contributed by atoms with Crippen LogP contribution in [0.4, 0.5) is 0 Å². The van der Waals surface area contributed by atoms with E-state index in [1.54, 1.807) is 0 Å². The Labute approximate surface area is 455 Å². The number of imidazole rings is 2. The summed E-state index contributed by atoms with van der Waals surface area (Å²) in [6.45, 7) is 8.61. The fraction of sp³-hybridized carbons (Fsp3) is 0.0725. The third kappa shape index (κ3) is 7.78. The van der Waals surface area contributed by atoms with Gasteiger partial charge in [0, 0.05) is 60.6 Å². The molecule has 0 saturated heterocycles. The lowest BCUT2D eigenvalue weighted by Crippen LogP contribution is -2.15. The zero-order valence-corrected chi connectivity index (χ0v) is 43.8. The smallest absolute Gasteiger partial charge is 0.182 e. The highest BCUT2D eigenvalue weighted by molar-refractivity contribution is 6.15. The number of nitrogens with zero attached hydrogens (tertiary/aromatic N) is 8. The molecule has 0 N–H and O–H groups in total. The molecular weight excluding hydrogens is 973 g/mol. The molecule has 0 aliphatic heterocycles. The van der Waals surface area contributed by atoms with Crippen LogP contribution in [0.25, 0.3) is 134 Å². The predicted molar refractivity (Wildman–Crippen MR) is 319 cm³/mol. The van der Waals surface area contributed by atoms with Crippen molar-refractivity contribution < 1.29 is 8.83 Å². The van der Waals surface area contributed by atoms with Crippen LogP contribution in [-0.2, 0) is 5.41 Å². The van der Waals surface area contributed by atoms with E-state index in [1.807, 2.05) is 154 Å². The van der Waals surface area contributed by atoms with Crippen molar-refractivity contribution in [1.29, 1.82) is 0 Å². The summed E-state index contributed by atoms with van der Waals surface area (Å²) in [5.41, 5.74) is 19.2. The molecule has 6 heterocycles. The second-order valence-corrected chi connectivity index (χ2v) is 19.9. The maximum atomic E-state index is 6.26. The molecule has 1 aliphatic carbocycles. The van der Waals surface area contributed by atoms with Crippen LogP contribution >= 0.6 is 0 Å². The number of rotatable bonds is 6. The van der Waals surface area contributed by atoms with Crippen LogP contribution < -0.4 is 0 Å². The standard InChI is InChI=1S/C35H20N4O2.C32H24N4.C2H6/c1-2-10-21(11-3-1)39-20-36-35-33(39)32(24-14-8-18-28-30(24)22-12-4-6-16-26(22)40-28)37-34(38-35)25-15-9-19-29-31(25)23-13-5-7-17-27(23)41-29;1-32(2)26-16-10-9-15-24(26)25-18-17-23(19-27(25)32)36-20-33-31-29(36)28(21-11-5-3-6-12-21)34-30(35-31)22-13-7-4-8-14-22;1-2/h1-20H;3-20H,1-2H3;1-2H3. The van der Waals surface area contributed by atoms with Crippen LogP contribution in [0, 0.1) is 0 Å². The second-order valence-electron chi connectivity index (χ2n) is 19.9. The number of fused-ring (bicyclic) bond motifs is 11. The summed E-state index contributed by atoms with van der Waals surface area (Å²) >= 11 is 0. The van der Waals surface area contributed by atoms with E-state index in [4.69, 9.17) is 38.7 Å². The molecule has 0 fully saturated rings. The van der Waals surface area contributed by atoms with Gasteiger partial charge < -0.3 is 8.83 Å². The molecular formula is C69H50N8O2. The molecule has 16 rings (SSSR count). The molecule has 79 heavy (non-hydrogen) atoms. The van der Waals surface area contributed by atoms with E-state index in [2.05, 4.69) is 114 Å². The highest BCUT2D eigenvalue weighted by Crippen LogP contribution is 2.49. The Kier molecular flexibility index (Phi) is 11.4. The lowest BCUT2D eigenvalue weighted by atomic mass is 9.82. The fourth-order valence-electron chi connectivity index (χ4n) is 11.4. The topological polar surface area (TPSA) is 113 Å². The van der Waals surface area contributed by atoms with Crippen molar-refractivity contribution in [3.8, 4) is 67.8 Å². The Morgan fingerprint density at radius 1 is 0.367 bits per heavy atom. The van der Waals surface area contributed by atoms with Gasteiger partial charge in [-0.3, -0.25) is 9.13 Å². The summed E-state index contributed by atoms with van der Waals surface area (Å²) in [7, 11) is 0. The summed E-state index contributed by atoms with van der Waals surface area (Å²) < 4.78 is 16.6. The van der Waals surface area contributed by atoms with Gasteiger partial charge in [-0.2, -0.15) is 0 Å². The van der Waals surface area contributed by atoms with Gasteiger partial charge in [-0.15, -0.1) is 0 Å². The molecule has 0 atom stereocenters. The number of benzene rings is 9. The van der Waals surface area contributed by atoms with Crippen molar-refractivity contribution in [2.75, 3.05) is 0 Å². The van der Waals surface area contributed by atoms with E-state index in [0.29, 0.717) is 22.9 Å². The number of para-hydroxylation sites is 3. The average Bonchev–Trinajstić information content (AvgIpc) is 4.50. The zero-order valence-electron chi connectivity index (χ0n) is 43.8. The Bertz CT molecular complexity index is 4780. The van der Waals surface area contributed by atoms with Gasteiger partial charge in [0.2, 0.25) is 0 Å². The van der Waals surface area contributed by atoms with Gasteiger partial charge in [0.15, 0.2) is 22.9 Å². The van der Waals surface area contributed by atoms with E-state index >= 15 is 0 Å². The van der Waals surface area contributed by atoms with Crippen LogP contribution in [0.1, 0.15) is 38.8 Å². The van der Waals surface area contributed by atoms with Gasteiger partial charge in [0.05, 0.1) is 0 Å². The van der Waals surface area contributed by atoms with Gasteiger partial charge in [0.1, 0.15) is 57.4 Å². The number of furan rings is 2. The molecule has 1 aliphatic rings. The predicted octanol–water partition coefficient (Wildman–Crippen LogP) is 17.4. The third-order valence-corrected chi connectivity index (χ3v) is 15.1. The van der Waals surface area contributed by atoms with E-state index < -0.39 is 0 Å². The molecule has 0 spiro atoms. The van der Waals surface area contributed by atoms with E-state index in [0.717, 1.165) is 99.9 Å². The van der Waals surface area contributed by atoms with E-state index in [9.17, 15) is 0 Å². The minimum atomic E-state index is -0.0719. The summed E-state index contributed by atoms with van der Waals surface area (Å²) in [4.78, 5) is 29.8. The Morgan fingerprint density at radius 2 is 0.848 bits per heavy atom. The highest BCUT2D eigenvalue weighted by atomic mass is 16.3. The lowest BCUT2D eigenvalue weighted by molar-refractivity contribution is 0.660. The van der Waals surface area contributed by atoms with E-state index in [-0.39, 0.29) is 5.41 Å². The number of aromatic nitrogens is 8. The van der Waals surface area contributed by atoms with Gasteiger partial charge in [-0.05, 0) is 70.8 Å². The zero-order chi connectivity index (χ0) is 53.2. The van der Waals surface area contributed by atoms with Crippen molar-refractivity contribution in [3.63, 3.8) is 0 Å². The normalized spacial score (nSPS) is 12.4. The van der Waals surface area contributed by atoms with Crippen molar-refractivity contribution in [2.24, 2.45) is 0 Å². The van der Waals surface area contributed by atoms with Crippen molar-refractivity contribution in [2.45, 2.75) is 33.1 Å². The third-order valence-electron chi connectivity index (χ3n) is 15.1. The van der Waals surface area contributed by atoms with Gasteiger partial charge in [0.25, 0.3) is 0 Å². The quantitative estimate of drug-likeness (QED) is 0.162. The maximum absolute atomic E-state index is 6.26. The summed E-state index contributed by atoms with van der Waals surface area (Å²) in [6, 6.07) is 74.3. The lowest BCUT2D eigenvalue weighted by Gasteiger charge is -2.22. The molecule has 15 aromatic rings. The van der Waals surface area contributed by atoms with Crippen LogP contribution in [0.5, 0.6) is 0 Å². The first-order valence-electron chi connectivity index (χ1n) is 26.7. The van der Waals surface area contributed by atoms with Crippen molar-refractivity contribution in [1.82, 2.24) is 39.0 Å². The van der Waals surface area contributed by atoms with Crippen LogP contribution in [-0.4, -0.2) is 39.0 Å².